The highest BCUT2D eigenvalue weighted by Gasteiger charge is 2.19. The average Bonchev–Trinajstić information content (AvgIpc) is 3.20. The first-order valence-electron chi connectivity index (χ1n) is 8.79. The molecule has 5 rings (SSSR count). The van der Waals surface area contributed by atoms with Crippen LogP contribution in [0.15, 0.2) is 66.1 Å². The van der Waals surface area contributed by atoms with Crippen LogP contribution in [-0.2, 0) is 19.9 Å². The highest BCUT2D eigenvalue weighted by atomic mass is 15.2. The normalized spacial score (nSPS) is 14.7. The van der Waals surface area contributed by atoms with Gasteiger partial charge in [-0.25, -0.2) is 0 Å². The average molecular weight is 340 g/mol. The Morgan fingerprint density at radius 2 is 2.00 bits per heavy atom. The van der Waals surface area contributed by atoms with Crippen molar-refractivity contribution in [2.75, 3.05) is 0 Å². The van der Waals surface area contributed by atoms with Crippen molar-refractivity contribution in [3.05, 3.63) is 83.5 Å². The lowest BCUT2D eigenvalue weighted by Gasteiger charge is -2.10. The van der Waals surface area contributed by atoms with Gasteiger partial charge < -0.3 is 0 Å². The van der Waals surface area contributed by atoms with Crippen LogP contribution in [0.3, 0.4) is 0 Å². The Kier molecular flexibility index (Phi) is 3.42. The van der Waals surface area contributed by atoms with Gasteiger partial charge in [0, 0.05) is 50.2 Å². The highest BCUT2D eigenvalue weighted by molar-refractivity contribution is 5.87. The van der Waals surface area contributed by atoms with Gasteiger partial charge in [0.15, 0.2) is 0 Å². The van der Waals surface area contributed by atoms with E-state index in [2.05, 4.69) is 46.5 Å². The first kappa shape index (κ1) is 15.0. The first-order chi connectivity index (χ1) is 12.8. The molecule has 1 aromatic carbocycles. The van der Waals surface area contributed by atoms with E-state index in [1.165, 1.54) is 22.3 Å². The van der Waals surface area contributed by atoms with E-state index in [1.54, 1.807) is 0 Å². The minimum Gasteiger partial charge on any atom is -0.275 e. The zero-order chi connectivity index (χ0) is 17.5. The summed E-state index contributed by atoms with van der Waals surface area (Å²) in [5.41, 5.74) is 9.37. The van der Waals surface area contributed by atoms with E-state index in [-0.39, 0.29) is 1.43 Å². The number of aromatic nitrogens is 3. The van der Waals surface area contributed by atoms with Gasteiger partial charge in [-0.3, -0.25) is 14.7 Å². The number of hydrogen-bond donors (Lipinski definition) is 0. The molecule has 0 amide bonds. The molecule has 1 aliphatic heterocycles. The fourth-order valence-corrected chi connectivity index (χ4v) is 3.62. The molecule has 0 atom stereocenters. The predicted octanol–water partition coefficient (Wildman–Crippen LogP) is 4.53. The van der Waals surface area contributed by atoms with Crippen molar-refractivity contribution in [2.45, 2.75) is 12.8 Å². The Hall–Kier alpha value is -3.27. The Morgan fingerprint density at radius 3 is 2.88 bits per heavy atom. The smallest absolute Gasteiger partial charge is 0.0665 e. The molecule has 0 N–H and O–H groups in total. The zero-order valence-corrected chi connectivity index (χ0v) is 14.6. The van der Waals surface area contributed by atoms with E-state index in [0.717, 1.165) is 35.3 Å². The van der Waals surface area contributed by atoms with Crippen LogP contribution in [0.25, 0.3) is 16.7 Å². The van der Waals surface area contributed by atoms with E-state index in [9.17, 15) is 0 Å². The molecule has 26 heavy (non-hydrogen) atoms. The number of rotatable bonds is 2. The maximum absolute atomic E-state index is 4.70. The van der Waals surface area contributed by atoms with Crippen LogP contribution in [0.5, 0.6) is 0 Å². The van der Waals surface area contributed by atoms with Crippen molar-refractivity contribution in [2.24, 2.45) is 12.0 Å². The molecular formula is C22H20N4. The number of nitrogens with zero attached hydrogens (tertiary/aromatic N) is 4. The summed E-state index contributed by atoms with van der Waals surface area (Å²) >= 11 is 0. The summed E-state index contributed by atoms with van der Waals surface area (Å²) in [6.07, 6.45) is 15.9. The second-order valence-corrected chi connectivity index (χ2v) is 6.70. The predicted molar refractivity (Wildman–Crippen MR) is 107 cm³/mol. The minimum atomic E-state index is 0. The number of fused-ring (bicyclic) bond motifs is 2. The molecule has 3 aromatic rings. The summed E-state index contributed by atoms with van der Waals surface area (Å²) in [6, 6.07) is 8.78. The van der Waals surface area contributed by atoms with Gasteiger partial charge in [0.1, 0.15) is 0 Å². The standard InChI is InChI=1S/C22H18N4.H2/c1-26-14-18(13-25-26)17-11-20-19(6-8-22(20)24-12-17)15-5-7-21-16(10-15)4-2-3-9-23-21;/h2-3,5-7,9-14H,4,8H2,1H3;1H. The monoisotopic (exact) mass is 340 g/mol. The molecule has 2 aliphatic rings. The van der Waals surface area contributed by atoms with Crippen LogP contribution in [-0.4, -0.2) is 21.0 Å². The van der Waals surface area contributed by atoms with E-state index < -0.39 is 0 Å². The molecule has 0 unspecified atom stereocenters. The fourth-order valence-electron chi connectivity index (χ4n) is 3.62. The first-order valence-corrected chi connectivity index (χ1v) is 8.79. The maximum atomic E-state index is 4.70. The summed E-state index contributed by atoms with van der Waals surface area (Å²) in [6.45, 7) is 0. The molecule has 0 radical (unpaired) electrons. The van der Waals surface area contributed by atoms with Crippen molar-refractivity contribution >= 4 is 17.5 Å². The third kappa shape index (κ3) is 2.51. The SMILES string of the molecule is Cn1cc(-c2cnc3c(c2)C(c2ccc4c(c2)CC=CC=N4)=CC3)cn1.[HH]. The molecule has 4 heteroatoms. The van der Waals surface area contributed by atoms with E-state index >= 15 is 0 Å². The Morgan fingerprint density at radius 1 is 1.04 bits per heavy atom. The van der Waals surface area contributed by atoms with Crippen molar-refractivity contribution in [3.8, 4) is 11.1 Å². The lowest BCUT2D eigenvalue weighted by atomic mass is 9.96. The van der Waals surface area contributed by atoms with Crippen LogP contribution < -0.4 is 0 Å². The number of aliphatic imine (C=N–C) groups is 1. The van der Waals surface area contributed by atoms with Crippen molar-refractivity contribution in [1.29, 1.82) is 0 Å². The minimum absolute atomic E-state index is 0. The van der Waals surface area contributed by atoms with Gasteiger partial charge in [-0.1, -0.05) is 18.2 Å². The van der Waals surface area contributed by atoms with Crippen molar-refractivity contribution < 1.29 is 1.43 Å². The second kappa shape index (κ2) is 5.92. The molecule has 128 valence electrons. The molecule has 0 bridgehead atoms. The van der Waals surface area contributed by atoms with E-state index in [1.807, 2.05) is 42.6 Å². The number of pyridine rings is 1. The Labute approximate surface area is 153 Å². The summed E-state index contributed by atoms with van der Waals surface area (Å²) in [5.74, 6) is 0. The van der Waals surface area contributed by atoms with Crippen LogP contribution in [0.2, 0.25) is 0 Å². The zero-order valence-electron chi connectivity index (χ0n) is 14.6. The number of allylic oxidation sites excluding steroid dienone is 3. The Balaban J connectivity index is 0.00000180. The van der Waals surface area contributed by atoms with Crippen molar-refractivity contribution in [1.82, 2.24) is 14.8 Å². The maximum Gasteiger partial charge on any atom is 0.0665 e. The molecule has 0 fully saturated rings. The molecular weight excluding hydrogens is 320 g/mol. The lowest BCUT2D eigenvalue weighted by Crippen LogP contribution is -1.93. The molecule has 0 spiro atoms. The highest BCUT2D eigenvalue weighted by Crippen LogP contribution is 2.36. The van der Waals surface area contributed by atoms with Gasteiger partial charge in [0.25, 0.3) is 0 Å². The third-order valence-corrected chi connectivity index (χ3v) is 4.96. The largest absolute Gasteiger partial charge is 0.275 e. The van der Waals surface area contributed by atoms with Gasteiger partial charge in [-0.2, -0.15) is 5.10 Å². The Bertz CT molecular complexity index is 1110. The van der Waals surface area contributed by atoms with Gasteiger partial charge in [-0.15, -0.1) is 0 Å². The molecule has 0 saturated heterocycles. The van der Waals surface area contributed by atoms with Crippen molar-refractivity contribution in [3.63, 3.8) is 0 Å². The number of hydrogen-bond acceptors (Lipinski definition) is 3. The molecule has 1 aliphatic carbocycles. The fraction of sp³-hybridized carbons (Fsp3) is 0.136. The van der Waals surface area contributed by atoms with Gasteiger partial charge in [0.2, 0.25) is 0 Å². The van der Waals surface area contributed by atoms with Gasteiger partial charge in [0.05, 0.1) is 17.6 Å². The summed E-state index contributed by atoms with van der Waals surface area (Å²) in [4.78, 5) is 9.20. The molecule has 2 aromatic heterocycles. The summed E-state index contributed by atoms with van der Waals surface area (Å²) in [5, 5.41) is 4.28. The van der Waals surface area contributed by atoms with E-state index in [4.69, 9.17) is 4.98 Å². The van der Waals surface area contributed by atoms with Crippen LogP contribution >= 0.6 is 0 Å². The number of aryl methyl sites for hydroxylation is 1. The summed E-state index contributed by atoms with van der Waals surface area (Å²) in [7, 11) is 1.93. The molecule has 3 heterocycles. The quantitative estimate of drug-likeness (QED) is 0.688. The number of benzene rings is 1. The van der Waals surface area contributed by atoms with Gasteiger partial charge >= 0.3 is 0 Å². The van der Waals surface area contributed by atoms with Crippen LogP contribution in [0.4, 0.5) is 5.69 Å². The van der Waals surface area contributed by atoms with Gasteiger partial charge in [-0.05, 0) is 47.4 Å². The topological polar surface area (TPSA) is 43.1 Å². The molecule has 4 nitrogen and oxygen atoms in total. The van der Waals surface area contributed by atoms with Crippen LogP contribution in [0.1, 0.15) is 23.8 Å². The second-order valence-electron chi connectivity index (χ2n) is 6.70. The summed E-state index contributed by atoms with van der Waals surface area (Å²) < 4.78 is 1.82. The third-order valence-electron chi connectivity index (χ3n) is 4.96. The van der Waals surface area contributed by atoms with E-state index in [0.29, 0.717) is 0 Å². The molecule has 0 saturated carbocycles. The van der Waals surface area contributed by atoms with Crippen LogP contribution in [0, 0.1) is 0 Å². The lowest BCUT2D eigenvalue weighted by molar-refractivity contribution is 0.768.